The van der Waals surface area contributed by atoms with E-state index in [1.165, 1.54) is 24.3 Å². The van der Waals surface area contributed by atoms with Crippen LogP contribution in [0.5, 0.6) is 0 Å². The molecule has 1 aromatic rings. The first-order valence-electron chi connectivity index (χ1n) is 5.59. The summed E-state index contributed by atoms with van der Waals surface area (Å²) < 4.78 is 0. The van der Waals surface area contributed by atoms with Crippen LogP contribution in [-0.4, -0.2) is 22.5 Å². The van der Waals surface area contributed by atoms with Crippen molar-refractivity contribution in [1.29, 1.82) is 0 Å². The van der Waals surface area contributed by atoms with Gasteiger partial charge in [0.2, 0.25) is 0 Å². The van der Waals surface area contributed by atoms with Crippen molar-refractivity contribution in [1.82, 2.24) is 9.88 Å². The topological polar surface area (TPSA) is 42.2 Å². The average molecular weight is 262 g/mol. The van der Waals surface area contributed by atoms with Gasteiger partial charge in [-0.15, -0.1) is 23.7 Å². The van der Waals surface area contributed by atoms with Gasteiger partial charge in [0.1, 0.15) is 0 Å². The van der Waals surface area contributed by atoms with Crippen molar-refractivity contribution in [2.45, 2.75) is 39.3 Å². The highest BCUT2D eigenvalue weighted by Gasteiger charge is 2.29. The van der Waals surface area contributed by atoms with Crippen LogP contribution >= 0.6 is 23.7 Å². The van der Waals surface area contributed by atoms with E-state index in [1.54, 1.807) is 11.3 Å². The Labute approximate surface area is 107 Å². The minimum atomic E-state index is 0. The predicted octanol–water partition coefficient (Wildman–Crippen LogP) is 2.77. The van der Waals surface area contributed by atoms with Gasteiger partial charge in [-0.1, -0.05) is 13.8 Å². The molecular weight excluding hydrogens is 242 g/mol. The minimum absolute atomic E-state index is 0. The summed E-state index contributed by atoms with van der Waals surface area (Å²) in [5, 5.41) is 0.685. The van der Waals surface area contributed by atoms with Gasteiger partial charge in [0.25, 0.3) is 0 Å². The lowest BCUT2D eigenvalue weighted by Gasteiger charge is -2.22. The molecular formula is C11H20ClN3S. The van der Waals surface area contributed by atoms with Crippen LogP contribution < -0.4 is 5.73 Å². The second-order valence-electron chi connectivity index (χ2n) is 4.72. The van der Waals surface area contributed by atoms with Gasteiger partial charge in [-0.2, -0.15) is 0 Å². The van der Waals surface area contributed by atoms with E-state index >= 15 is 0 Å². The van der Waals surface area contributed by atoms with Crippen molar-refractivity contribution in [3.8, 4) is 0 Å². The SMILES string of the molecule is CC(C)CN(Cc1cnc(N)s1)C1CC1.Cl. The van der Waals surface area contributed by atoms with Crippen molar-refractivity contribution < 1.29 is 0 Å². The maximum atomic E-state index is 5.64. The summed E-state index contributed by atoms with van der Waals surface area (Å²) in [5.74, 6) is 0.732. The average Bonchev–Trinajstić information content (AvgIpc) is 2.90. The summed E-state index contributed by atoms with van der Waals surface area (Å²) in [7, 11) is 0. The van der Waals surface area contributed by atoms with Crippen LogP contribution in [0.2, 0.25) is 0 Å². The molecule has 1 saturated carbocycles. The number of nitrogens with two attached hydrogens (primary N) is 1. The molecule has 2 N–H and O–H groups in total. The quantitative estimate of drug-likeness (QED) is 0.886. The number of hydrogen-bond acceptors (Lipinski definition) is 4. The third-order valence-corrected chi connectivity index (χ3v) is 3.40. The molecule has 1 aromatic heterocycles. The van der Waals surface area contributed by atoms with Crippen LogP contribution in [0.3, 0.4) is 0 Å². The first-order valence-corrected chi connectivity index (χ1v) is 6.41. The van der Waals surface area contributed by atoms with Crippen LogP contribution in [0, 0.1) is 5.92 Å². The fourth-order valence-corrected chi connectivity index (χ4v) is 2.56. The molecule has 1 fully saturated rings. The number of rotatable bonds is 5. The molecule has 1 aliphatic carbocycles. The molecule has 5 heteroatoms. The van der Waals surface area contributed by atoms with Crippen LogP contribution in [-0.2, 0) is 6.54 Å². The lowest BCUT2D eigenvalue weighted by molar-refractivity contribution is 0.228. The molecule has 0 unspecified atom stereocenters. The Kier molecular flexibility index (Phi) is 5.02. The zero-order chi connectivity index (χ0) is 10.8. The zero-order valence-electron chi connectivity index (χ0n) is 9.85. The van der Waals surface area contributed by atoms with E-state index in [9.17, 15) is 0 Å². The van der Waals surface area contributed by atoms with Crippen LogP contribution in [0.1, 0.15) is 31.6 Å². The Morgan fingerprint density at radius 2 is 2.25 bits per heavy atom. The van der Waals surface area contributed by atoms with Crippen molar-refractivity contribution >= 4 is 28.9 Å². The molecule has 0 aromatic carbocycles. The molecule has 0 spiro atoms. The van der Waals surface area contributed by atoms with Gasteiger partial charge in [0, 0.05) is 30.2 Å². The third-order valence-electron chi connectivity index (χ3n) is 2.59. The smallest absolute Gasteiger partial charge is 0.180 e. The number of halogens is 1. The van der Waals surface area contributed by atoms with Gasteiger partial charge in [0.15, 0.2) is 5.13 Å². The summed E-state index contributed by atoms with van der Waals surface area (Å²) in [6.07, 6.45) is 4.64. The van der Waals surface area contributed by atoms with E-state index in [2.05, 4.69) is 23.7 Å². The summed E-state index contributed by atoms with van der Waals surface area (Å²) in [6.45, 7) is 6.76. The Morgan fingerprint density at radius 1 is 1.56 bits per heavy atom. The van der Waals surface area contributed by atoms with Crippen molar-refractivity contribution in [2.24, 2.45) is 5.92 Å². The second-order valence-corrected chi connectivity index (χ2v) is 5.87. The van der Waals surface area contributed by atoms with Gasteiger partial charge < -0.3 is 5.73 Å². The van der Waals surface area contributed by atoms with E-state index in [-0.39, 0.29) is 12.4 Å². The molecule has 0 saturated heterocycles. The van der Waals surface area contributed by atoms with Gasteiger partial charge in [0.05, 0.1) is 0 Å². The van der Waals surface area contributed by atoms with Gasteiger partial charge in [-0.05, 0) is 18.8 Å². The molecule has 0 amide bonds. The number of aromatic nitrogens is 1. The largest absolute Gasteiger partial charge is 0.375 e. The molecule has 92 valence electrons. The first-order chi connectivity index (χ1) is 7.15. The van der Waals surface area contributed by atoms with Crippen LogP contribution in [0.15, 0.2) is 6.20 Å². The van der Waals surface area contributed by atoms with Crippen molar-refractivity contribution in [2.75, 3.05) is 12.3 Å². The lowest BCUT2D eigenvalue weighted by atomic mass is 10.2. The highest BCUT2D eigenvalue weighted by molar-refractivity contribution is 7.15. The number of hydrogen-bond donors (Lipinski definition) is 1. The number of nitrogens with zero attached hydrogens (tertiary/aromatic N) is 2. The first kappa shape index (κ1) is 13.7. The molecule has 1 heterocycles. The molecule has 0 bridgehead atoms. The monoisotopic (exact) mass is 261 g/mol. The Balaban J connectivity index is 0.00000128. The van der Waals surface area contributed by atoms with E-state index in [4.69, 9.17) is 5.73 Å². The Bertz CT molecular complexity index is 323. The summed E-state index contributed by atoms with van der Waals surface area (Å²) >= 11 is 1.61. The maximum Gasteiger partial charge on any atom is 0.180 e. The van der Waals surface area contributed by atoms with Gasteiger partial charge >= 0.3 is 0 Å². The number of nitrogen functional groups attached to an aromatic ring is 1. The molecule has 2 rings (SSSR count). The fraction of sp³-hybridized carbons (Fsp3) is 0.727. The minimum Gasteiger partial charge on any atom is -0.375 e. The predicted molar refractivity (Wildman–Crippen MR) is 72.0 cm³/mol. The normalized spacial score (nSPS) is 15.5. The molecule has 3 nitrogen and oxygen atoms in total. The van der Waals surface area contributed by atoms with Gasteiger partial charge in [-0.25, -0.2) is 4.98 Å². The molecule has 16 heavy (non-hydrogen) atoms. The molecule has 0 radical (unpaired) electrons. The van der Waals surface area contributed by atoms with E-state index in [0.717, 1.165) is 18.5 Å². The van der Waals surface area contributed by atoms with Crippen molar-refractivity contribution in [3.05, 3.63) is 11.1 Å². The highest BCUT2D eigenvalue weighted by atomic mass is 35.5. The number of anilines is 1. The third kappa shape index (κ3) is 3.92. The highest BCUT2D eigenvalue weighted by Crippen LogP contribution is 2.30. The van der Waals surface area contributed by atoms with Gasteiger partial charge in [-0.3, -0.25) is 4.90 Å². The second kappa shape index (κ2) is 5.84. The fourth-order valence-electron chi connectivity index (χ4n) is 1.85. The van der Waals surface area contributed by atoms with Crippen molar-refractivity contribution in [3.63, 3.8) is 0 Å². The number of thiazole rings is 1. The van der Waals surface area contributed by atoms with E-state index in [1.807, 2.05) is 6.20 Å². The zero-order valence-corrected chi connectivity index (χ0v) is 11.5. The molecule has 0 aliphatic heterocycles. The Hall–Kier alpha value is -0.320. The molecule has 1 aliphatic rings. The van der Waals surface area contributed by atoms with Crippen LogP contribution in [0.4, 0.5) is 5.13 Å². The standard InChI is InChI=1S/C11H19N3S.ClH/c1-8(2)6-14(9-3-4-9)7-10-5-13-11(12)15-10;/h5,8-9H,3-4,6-7H2,1-2H3,(H2,12,13);1H. The summed E-state index contributed by atoms with van der Waals surface area (Å²) in [5.41, 5.74) is 5.64. The lowest BCUT2D eigenvalue weighted by Crippen LogP contribution is -2.29. The summed E-state index contributed by atoms with van der Waals surface area (Å²) in [4.78, 5) is 7.96. The van der Waals surface area contributed by atoms with Crippen LogP contribution in [0.25, 0.3) is 0 Å². The summed E-state index contributed by atoms with van der Waals surface area (Å²) in [6, 6.07) is 0.815. The Morgan fingerprint density at radius 3 is 2.69 bits per heavy atom. The maximum absolute atomic E-state index is 5.64. The van der Waals surface area contributed by atoms with E-state index in [0.29, 0.717) is 5.13 Å². The van der Waals surface area contributed by atoms with E-state index < -0.39 is 0 Å². The molecule has 0 atom stereocenters.